The van der Waals surface area contributed by atoms with Gasteiger partial charge in [0, 0.05) is 55.7 Å². The molecule has 0 saturated carbocycles. The Morgan fingerprint density at radius 1 is 1.02 bits per heavy atom. The van der Waals surface area contributed by atoms with Gasteiger partial charge in [-0.25, -0.2) is 0 Å². The molecule has 224 valence electrons. The molecule has 0 aliphatic rings. The maximum absolute atomic E-state index is 13.3. The highest BCUT2D eigenvalue weighted by molar-refractivity contribution is 5.85. The third-order valence-corrected chi connectivity index (χ3v) is 6.93. The molecule has 8 N–H and O–H groups in total. The molecule has 3 atom stereocenters. The molecule has 0 aliphatic carbocycles. The number of benzene rings is 1. The van der Waals surface area contributed by atoms with Gasteiger partial charge in [-0.1, -0.05) is 44.7 Å². The van der Waals surface area contributed by atoms with Crippen molar-refractivity contribution in [3.05, 3.63) is 35.5 Å². The van der Waals surface area contributed by atoms with Gasteiger partial charge >= 0.3 is 0 Å². The highest BCUT2D eigenvalue weighted by Crippen LogP contribution is 2.20. The molecule has 0 spiro atoms. The predicted octanol–water partition coefficient (Wildman–Crippen LogP) is 2.01. The first kappa shape index (κ1) is 33.3. The number of hydrogen-bond donors (Lipinski definition) is 7. The molecule has 10 nitrogen and oxygen atoms in total. The van der Waals surface area contributed by atoms with Gasteiger partial charge in [-0.05, 0) is 56.8 Å². The van der Waals surface area contributed by atoms with Crippen molar-refractivity contribution in [2.24, 2.45) is 5.73 Å². The number of H-pyrrole nitrogens is 1. The maximum Gasteiger partial charge on any atom is 0.239 e. The Labute approximate surface area is 239 Å². The van der Waals surface area contributed by atoms with E-state index in [-0.39, 0.29) is 36.3 Å². The minimum atomic E-state index is -0.423. The van der Waals surface area contributed by atoms with Gasteiger partial charge in [0.2, 0.25) is 17.7 Å². The van der Waals surface area contributed by atoms with E-state index >= 15 is 0 Å². The van der Waals surface area contributed by atoms with E-state index in [1.165, 1.54) is 42.7 Å². The van der Waals surface area contributed by atoms with E-state index in [1.54, 1.807) is 0 Å². The summed E-state index contributed by atoms with van der Waals surface area (Å²) in [6, 6.07) is 5.97. The average Bonchev–Trinajstić information content (AvgIpc) is 3.29. The molecule has 0 unspecified atom stereocenters. The number of aromatic nitrogens is 1. The van der Waals surface area contributed by atoms with Crippen molar-refractivity contribution in [2.45, 2.75) is 90.8 Å². The van der Waals surface area contributed by atoms with Gasteiger partial charge in [0.05, 0.1) is 12.6 Å². The molecule has 1 heterocycles. The van der Waals surface area contributed by atoms with Crippen LogP contribution in [0.15, 0.2) is 24.4 Å². The number of carbonyl (C=O) groups is 3. The molecule has 0 bridgehead atoms. The van der Waals surface area contributed by atoms with Crippen LogP contribution < -0.4 is 32.3 Å². The second-order valence-corrected chi connectivity index (χ2v) is 10.8. The molecular weight excluding hydrogens is 506 g/mol. The minimum absolute atomic E-state index is 0.0565. The van der Waals surface area contributed by atoms with Crippen LogP contribution in [0.3, 0.4) is 0 Å². The summed E-state index contributed by atoms with van der Waals surface area (Å²) in [4.78, 5) is 39.4. The average molecular weight is 558 g/mol. The minimum Gasteiger partial charge on any atom is -0.361 e. The second-order valence-electron chi connectivity index (χ2n) is 10.8. The summed E-state index contributed by atoms with van der Waals surface area (Å²) in [6.45, 7) is 9.74. The third-order valence-electron chi connectivity index (χ3n) is 6.93. The Kier molecular flexibility index (Phi) is 15.3. The normalized spacial score (nSPS) is 13.5. The number of aryl methyl sites for hydroxylation is 1. The van der Waals surface area contributed by atoms with Crippen LogP contribution in [0.1, 0.15) is 70.4 Å². The van der Waals surface area contributed by atoms with Crippen LogP contribution in [-0.2, 0) is 20.8 Å². The Balaban J connectivity index is 1.85. The van der Waals surface area contributed by atoms with Gasteiger partial charge in [-0.15, -0.1) is 0 Å². The molecule has 0 fully saturated rings. The summed E-state index contributed by atoms with van der Waals surface area (Å²) in [5.74, 6) is -0.594. The standard InChI is InChI=1S/C30H51N7O3/c1-5-6-7-8-9-25(31)19-32-13-12-27(33-14-15-34-29(39)20-35-23(4)38)30(40)37-22(3)17-24-18-36-28-16-21(2)10-11-26(24)28/h10-11,16,18,22,25,27,32-33,36H,5-9,12-15,17,19-20,31H2,1-4H3,(H,34,39)(H,35,38)(H,37,40)/t22-,25-,27-/m0/s1. The smallest absolute Gasteiger partial charge is 0.239 e. The van der Waals surface area contributed by atoms with Crippen LogP contribution in [0.5, 0.6) is 0 Å². The zero-order chi connectivity index (χ0) is 29.3. The number of unbranched alkanes of at least 4 members (excludes halogenated alkanes) is 3. The number of aromatic amines is 1. The van der Waals surface area contributed by atoms with Crippen LogP contribution in [0.2, 0.25) is 0 Å². The predicted molar refractivity (Wildman–Crippen MR) is 162 cm³/mol. The zero-order valence-corrected chi connectivity index (χ0v) is 24.8. The van der Waals surface area contributed by atoms with Crippen LogP contribution >= 0.6 is 0 Å². The molecule has 3 amide bonds. The molecule has 10 heteroatoms. The lowest BCUT2D eigenvalue weighted by Crippen LogP contribution is -2.50. The zero-order valence-electron chi connectivity index (χ0n) is 24.8. The lowest BCUT2D eigenvalue weighted by atomic mass is 10.0. The topological polar surface area (TPSA) is 153 Å². The Morgan fingerprint density at radius 3 is 2.58 bits per heavy atom. The fourth-order valence-electron chi connectivity index (χ4n) is 4.70. The van der Waals surface area contributed by atoms with Gasteiger partial charge in [-0.2, -0.15) is 0 Å². The third kappa shape index (κ3) is 12.9. The largest absolute Gasteiger partial charge is 0.361 e. The van der Waals surface area contributed by atoms with E-state index in [9.17, 15) is 14.4 Å². The van der Waals surface area contributed by atoms with E-state index in [1.807, 2.05) is 13.1 Å². The number of nitrogens with one attached hydrogen (secondary N) is 6. The summed E-state index contributed by atoms with van der Waals surface area (Å²) >= 11 is 0. The first-order valence-electron chi connectivity index (χ1n) is 14.8. The van der Waals surface area contributed by atoms with Crippen molar-refractivity contribution < 1.29 is 14.4 Å². The summed E-state index contributed by atoms with van der Waals surface area (Å²) in [7, 11) is 0. The number of amides is 3. The Morgan fingerprint density at radius 2 is 1.82 bits per heavy atom. The number of rotatable bonds is 20. The van der Waals surface area contributed by atoms with Crippen LogP contribution in [-0.4, -0.2) is 73.6 Å². The molecule has 40 heavy (non-hydrogen) atoms. The van der Waals surface area contributed by atoms with E-state index in [4.69, 9.17) is 5.73 Å². The number of carbonyl (C=O) groups excluding carboxylic acids is 3. The summed E-state index contributed by atoms with van der Waals surface area (Å²) in [5, 5.41) is 16.2. The van der Waals surface area contributed by atoms with Gasteiger partial charge < -0.3 is 37.3 Å². The van der Waals surface area contributed by atoms with E-state index in [2.05, 4.69) is 63.6 Å². The quantitative estimate of drug-likeness (QED) is 0.124. The van der Waals surface area contributed by atoms with Crippen molar-refractivity contribution in [1.82, 2.24) is 31.6 Å². The number of hydrogen-bond acceptors (Lipinski definition) is 6. The SMILES string of the molecule is CCCCCC[C@H](N)CNCC[C@H](NCCNC(=O)CNC(C)=O)C(=O)N[C@@H](C)Cc1c[nH]c2cc(C)ccc12. The fraction of sp³-hybridized carbons (Fsp3) is 0.633. The second kappa shape index (κ2) is 18.4. The van der Waals surface area contributed by atoms with Gasteiger partial charge in [0.1, 0.15) is 0 Å². The summed E-state index contributed by atoms with van der Waals surface area (Å²) < 4.78 is 0. The summed E-state index contributed by atoms with van der Waals surface area (Å²) in [5.41, 5.74) is 9.73. The monoisotopic (exact) mass is 557 g/mol. The first-order chi connectivity index (χ1) is 19.2. The maximum atomic E-state index is 13.3. The summed E-state index contributed by atoms with van der Waals surface area (Å²) in [6.07, 6.45) is 9.13. The van der Waals surface area contributed by atoms with E-state index in [0.29, 0.717) is 32.5 Å². The molecule has 1 aromatic carbocycles. The van der Waals surface area contributed by atoms with Crippen molar-refractivity contribution in [3.63, 3.8) is 0 Å². The molecule has 2 aromatic rings. The van der Waals surface area contributed by atoms with E-state index in [0.717, 1.165) is 24.9 Å². The Hall–Kier alpha value is -2.95. The van der Waals surface area contributed by atoms with Crippen molar-refractivity contribution in [1.29, 1.82) is 0 Å². The highest BCUT2D eigenvalue weighted by Gasteiger charge is 2.20. The van der Waals surface area contributed by atoms with Gasteiger partial charge in [0.15, 0.2) is 0 Å². The van der Waals surface area contributed by atoms with Crippen LogP contribution in [0.25, 0.3) is 10.9 Å². The molecule has 0 radical (unpaired) electrons. The Bertz CT molecular complexity index is 1060. The molecule has 1 aromatic heterocycles. The van der Waals surface area contributed by atoms with Crippen LogP contribution in [0, 0.1) is 6.92 Å². The number of nitrogens with two attached hydrogens (primary N) is 1. The lowest BCUT2D eigenvalue weighted by Gasteiger charge is -2.22. The highest BCUT2D eigenvalue weighted by atomic mass is 16.2. The number of fused-ring (bicyclic) bond motifs is 1. The van der Waals surface area contributed by atoms with Crippen molar-refractivity contribution in [3.8, 4) is 0 Å². The van der Waals surface area contributed by atoms with Crippen molar-refractivity contribution in [2.75, 3.05) is 32.7 Å². The molecular formula is C30H51N7O3. The molecule has 2 rings (SSSR count). The lowest BCUT2D eigenvalue weighted by molar-refractivity contribution is -0.125. The van der Waals surface area contributed by atoms with Gasteiger partial charge in [-0.3, -0.25) is 14.4 Å². The van der Waals surface area contributed by atoms with Crippen molar-refractivity contribution >= 4 is 28.6 Å². The van der Waals surface area contributed by atoms with Crippen LogP contribution in [0.4, 0.5) is 0 Å². The first-order valence-corrected chi connectivity index (χ1v) is 14.8. The van der Waals surface area contributed by atoms with E-state index < -0.39 is 6.04 Å². The fourth-order valence-corrected chi connectivity index (χ4v) is 4.70. The molecule has 0 saturated heterocycles. The van der Waals surface area contributed by atoms with Gasteiger partial charge in [0.25, 0.3) is 0 Å². The molecule has 0 aliphatic heterocycles.